The largest absolute Gasteiger partial charge is 0.384 e. The maximum atomic E-state index is 7.98. The highest BCUT2D eigenvalue weighted by atomic mass is 32.2. The van der Waals surface area contributed by atoms with Gasteiger partial charge in [0.2, 0.25) is 0 Å². The second-order valence-electron chi connectivity index (χ2n) is 5.19. The predicted octanol–water partition coefficient (Wildman–Crippen LogP) is 4.49. The van der Waals surface area contributed by atoms with Gasteiger partial charge in [0.05, 0.1) is 5.56 Å². The van der Waals surface area contributed by atoms with E-state index in [2.05, 4.69) is 43.9 Å². The molecular weight excluding hydrogens is 278 g/mol. The maximum absolute atomic E-state index is 7.98. The van der Waals surface area contributed by atoms with Crippen molar-refractivity contribution in [2.45, 2.75) is 51.3 Å². The van der Waals surface area contributed by atoms with Crippen molar-refractivity contribution >= 4 is 23.3 Å². The molecule has 1 aromatic carbocycles. The van der Waals surface area contributed by atoms with Crippen molar-refractivity contribution in [2.75, 3.05) is 23.7 Å². The van der Waals surface area contributed by atoms with E-state index in [0.717, 1.165) is 35.0 Å². The molecular formula is C17H29N3S. The summed E-state index contributed by atoms with van der Waals surface area (Å²) in [5.74, 6) is 1.17. The highest BCUT2D eigenvalue weighted by Crippen LogP contribution is 2.31. The Hall–Kier alpha value is -1.16. The van der Waals surface area contributed by atoms with E-state index in [1.54, 1.807) is 11.8 Å². The van der Waals surface area contributed by atoms with Gasteiger partial charge in [-0.1, -0.05) is 39.7 Å². The Morgan fingerprint density at radius 1 is 1.14 bits per heavy atom. The molecule has 118 valence electrons. The first-order valence-corrected chi connectivity index (χ1v) is 8.99. The summed E-state index contributed by atoms with van der Waals surface area (Å²) in [4.78, 5) is 3.53. The lowest BCUT2D eigenvalue weighted by Gasteiger charge is -2.28. The van der Waals surface area contributed by atoms with Crippen molar-refractivity contribution in [3.05, 3.63) is 23.8 Å². The van der Waals surface area contributed by atoms with Crippen LogP contribution in [-0.2, 0) is 0 Å². The summed E-state index contributed by atoms with van der Waals surface area (Å²) >= 11 is 1.76. The van der Waals surface area contributed by atoms with E-state index in [4.69, 9.17) is 11.1 Å². The van der Waals surface area contributed by atoms with Gasteiger partial charge in [-0.25, -0.2) is 0 Å². The number of hydrogen-bond acceptors (Lipinski definition) is 3. The number of benzene rings is 1. The lowest BCUT2D eigenvalue weighted by molar-refractivity contribution is 0.677. The minimum Gasteiger partial charge on any atom is -0.384 e. The van der Waals surface area contributed by atoms with Crippen LogP contribution < -0.4 is 10.6 Å². The molecule has 21 heavy (non-hydrogen) atoms. The van der Waals surface area contributed by atoms with Crippen LogP contribution >= 0.6 is 11.8 Å². The molecule has 1 aromatic rings. The molecule has 0 aromatic heterocycles. The summed E-state index contributed by atoms with van der Waals surface area (Å²) < 4.78 is 0. The molecule has 0 atom stereocenters. The SMILES string of the molecule is CCCCN(CCCC)c1cccc(SCC)c1C(=N)N. The first kappa shape index (κ1) is 17.9. The summed E-state index contributed by atoms with van der Waals surface area (Å²) in [6, 6.07) is 6.28. The van der Waals surface area contributed by atoms with Gasteiger partial charge >= 0.3 is 0 Å². The molecule has 0 unspecified atom stereocenters. The number of rotatable bonds is 10. The van der Waals surface area contributed by atoms with E-state index in [9.17, 15) is 0 Å². The Balaban J connectivity index is 3.15. The Bertz CT molecular complexity index is 438. The first-order valence-electron chi connectivity index (χ1n) is 8.00. The number of thioether (sulfide) groups is 1. The summed E-state index contributed by atoms with van der Waals surface area (Å²) in [7, 11) is 0. The average Bonchev–Trinajstić information content (AvgIpc) is 2.47. The molecule has 0 bridgehead atoms. The predicted molar refractivity (Wildman–Crippen MR) is 95.9 cm³/mol. The van der Waals surface area contributed by atoms with Gasteiger partial charge in [-0.2, -0.15) is 0 Å². The second kappa shape index (κ2) is 9.72. The van der Waals surface area contributed by atoms with Crippen LogP contribution in [0.25, 0.3) is 0 Å². The second-order valence-corrected chi connectivity index (χ2v) is 6.50. The van der Waals surface area contributed by atoms with Crippen LogP contribution in [0.3, 0.4) is 0 Å². The lowest BCUT2D eigenvalue weighted by Crippen LogP contribution is -2.29. The summed E-state index contributed by atoms with van der Waals surface area (Å²) in [6.07, 6.45) is 4.71. The van der Waals surface area contributed by atoms with Crippen molar-refractivity contribution in [1.82, 2.24) is 0 Å². The van der Waals surface area contributed by atoms with Crippen molar-refractivity contribution in [3.8, 4) is 0 Å². The first-order chi connectivity index (χ1) is 10.2. The number of unbranched alkanes of at least 4 members (excludes halogenated alkanes) is 2. The highest BCUT2D eigenvalue weighted by molar-refractivity contribution is 7.99. The van der Waals surface area contributed by atoms with E-state index < -0.39 is 0 Å². The molecule has 0 saturated carbocycles. The third kappa shape index (κ3) is 5.27. The molecule has 0 aliphatic rings. The van der Waals surface area contributed by atoms with Crippen LogP contribution in [0.1, 0.15) is 52.0 Å². The zero-order chi connectivity index (χ0) is 15.7. The van der Waals surface area contributed by atoms with E-state index in [1.165, 1.54) is 25.7 Å². The average molecular weight is 308 g/mol. The Kier molecular flexibility index (Phi) is 8.28. The van der Waals surface area contributed by atoms with Gasteiger partial charge in [0, 0.05) is 23.7 Å². The molecule has 0 amide bonds. The van der Waals surface area contributed by atoms with Crippen LogP contribution in [0.15, 0.2) is 23.1 Å². The number of nitrogens with one attached hydrogen (secondary N) is 1. The third-order valence-electron chi connectivity index (χ3n) is 3.48. The number of nitrogen functional groups attached to an aromatic ring is 1. The molecule has 0 spiro atoms. The fourth-order valence-corrected chi connectivity index (χ4v) is 3.22. The molecule has 0 aliphatic carbocycles. The smallest absolute Gasteiger partial charge is 0.126 e. The molecule has 4 heteroatoms. The van der Waals surface area contributed by atoms with E-state index in [-0.39, 0.29) is 5.84 Å². The molecule has 3 nitrogen and oxygen atoms in total. The highest BCUT2D eigenvalue weighted by Gasteiger charge is 2.16. The molecule has 0 fully saturated rings. The van der Waals surface area contributed by atoms with Crippen molar-refractivity contribution in [1.29, 1.82) is 5.41 Å². The van der Waals surface area contributed by atoms with Crippen LogP contribution in [-0.4, -0.2) is 24.7 Å². The van der Waals surface area contributed by atoms with Gasteiger partial charge in [-0.3, -0.25) is 5.41 Å². The van der Waals surface area contributed by atoms with E-state index >= 15 is 0 Å². The fraction of sp³-hybridized carbons (Fsp3) is 0.588. The van der Waals surface area contributed by atoms with Crippen LogP contribution in [0.5, 0.6) is 0 Å². The third-order valence-corrected chi connectivity index (χ3v) is 4.42. The minimum atomic E-state index is 0.180. The maximum Gasteiger partial charge on any atom is 0.126 e. The zero-order valence-corrected chi connectivity index (χ0v) is 14.4. The minimum absolute atomic E-state index is 0.180. The van der Waals surface area contributed by atoms with Gasteiger partial charge < -0.3 is 10.6 Å². The van der Waals surface area contributed by atoms with Gasteiger partial charge in [-0.15, -0.1) is 11.8 Å². The topological polar surface area (TPSA) is 53.1 Å². The number of anilines is 1. The van der Waals surface area contributed by atoms with Gasteiger partial charge in [0.15, 0.2) is 0 Å². The number of amidine groups is 1. The Labute approximate surface area is 133 Å². The molecule has 3 N–H and O–H groups in total. The Morgan fingerprint density at radius 2 is 1.76 bits per heavy atom. The fourth-order valence-electron chi connectivity index (χ4n) is 2.38. The zero-order valence-electron chi connectivity index (χ0n) is 13.6. The standard InChI is InChI=1S/C17H29N3S/c1-4-7-12-20(13-8-5-2)14-10-9-11-15(21-6-3)16(14)17(18)19/h9-11H,4-8,12-13H2,1-3H3,(H3,18,19). The van der Waals surface area contributed by atoms with Crippen LogP contribution in [0.2, 0.25) is 0 Å². The van der Waals surface area contributed by atoms with Crippen molar-refractivity contribution in [2.24, 2.45) is 5.73 Å². The van der Waals surface area contributed by atoms with Crippen LogP contribution in [0.4, 0.5) is 5.69 Å². The molecule has 1 rings (SSSR count). The lowest BCUT2D eigenvalue weighted by atomic mass is 10.1. The molecule has 0 saturated heterocycles. The monoisotopic (exact) mass is 307 g/mol. The summed E-state index contributed by atoms with van der Waals surface area (Å²) in [5.41, 5.74) is 7.93. The molecule has 0 aliphatic heterocycles. The van der Waals surface area contributed by atoms with Gasteiger partial charge in [0.25, 0.3) is 0 Å². The van der Waals surface area contributed by atoms with Crippen molar-refractivity contribution in [3.63, 3.8) is 0 Å². The summed E-state index contributed by atoms with van der Waals surface area (Å²) in [5, 5.41) is 7.98. The molecule has 0 heterocycles. The van der Waals surface area contributed by atoms with Gasteiger partial charge in [0.1, 0.15) is 5.84 Å². The van der Waals surface area contributed by atoms with Crippen LogP contribution in [0, 0.1) is 5.41 Å². The van der Waals surface area contributed by atoms with Crippen molar-refractivity contribution < 1.29 is 0 Å². The summed E-state index contributed by atoms with van der Waals surface area (Å²) in [6.45, 7) is 8.64. The number of nitrogens with two attached hydrogens (primary N) is 1. The van der Waals surface area contributed by atoms with Gasteiger partial charge in [-0.05, 0) is 30.7 Å². The van der Waals surface area contributed by atoms with E-state index in [0.29, 0.717) is 0 Å². The molecule has 0 radical (unpaired) electrons. The Morgan fingerprint density at radius 3 is 2.24 bits per heavy atom. The normalized spacial score (nSPS) is 10.6. The van der Waals surface area contributed by atoms with E-state index in [1.807, 2.05) is 0 Å². The number of hydrogen-bond donors (Lipinski definition) is 2. The quantitative estimate of drug-likeness (QED) is 0.380. The number of nitrogens with zero attached hydrogens (tertiary/aromatic N) is 1.